The van der Waals surface area contributed by atoms with Crippen molar-refractivity contribution >= 4 is 22.4 Å². The molecule has 0 heterocycles. The lowest BCUT2D eigenvalue weighted by Crippen LogP contribution is -2.18. The van der Waals surface area contributed by atoms with Gasteiger partial charge in [-0.05, 0) is 58.7 Å². The standard InChI is InChI=1S/C26H21ClF3N/c1-17(22-8-4-6-19-5-2-3-7-23(19)22)31-16-18-9-14-25(27)24(15-18)20-10-12-21(13-11-20)26(28,29)30/h2-15,17,31H,16H2,1H3. The molecule has 0 amide bonds. The molecule has 4 rings (SSSR count). The molecule has 158 valence electrons. The maximum Gasteiger partial charge on any atom is 0.416 e. The fourth-order valence-corrected chi connectivity index (χ4v) is 3.98. The molecule has 0 aliphatic heterocycles. The summed E-state index contributed by atoms with van der Waals surface area (Å²) in [5.74, 6) is 0. The summed E-state index contributed by atoms with van der Waals surface area (Å²) in [7, 11) is 0. The number of benzene rings is 4. The van der Waals surface area contributed by atoms with Gasteiger partial charge >= 0.3 is 6.18 Å². The summed E-state index contributed by atoms with van der Waals surface area (Å²) in [6.07, 6.45) is -4.36. The highest BCUT2D eigenvalue weighted by Gasteiger charge is 2.30. The van der Waals surface area contributed by atoms with Crippen molar-refractivity contribution in [2.75, 3.05) is 0 Å². The molecule has 0 saturated heterocycles. The molecule has 1 nitrogen and oxygen atoms in total. The van der Waals surface area contributed by atoms with Gasteiger partial charge in [0.2, 0.25) is 0 Å². The van der Waals surface area contributed by atoms with Crippen molar-refractivity contribution in [3.63, 3.8) is 0 Å². The van der Waals surface area contributed by atoms with Crippen molar-refractivity contribution in [3.8, 4) is 11.1 Å². The molecule has 1 unspecified atom stereocenters. The Morgan fingerprint density at radius 3 is 2.32 bits per heavy atom. The predicted octanol–water partition coefficient (Wildman–Crippen LogP) is 8.03. The van der Waals surface area contributed by atoms with Crippen molar-refractivity contribution in [2.24, 2.45) is 0 Å². The second-order valence-electron chi connectivity index (χ2n) is 7.56. The van der Waals surface area contributed by atoms with Gasteiger partial charge in [0.15, 0.2) is 0 Å². The van der Waals surface area contributed by atoms with Gasteiger partial charge in [-0.15, -0.1) is 0 Å². The van der Waals surface area contributed by atoms with Gasteiger partial charge < -0.3 is 5.32 Å². The molecule has 1 N–H and O–H groups in total. The summed E-state index contributed by atoms with van der Waals surface area (Å²) in [5, 5.41) is 6.46. The van der Waals surface area contributed by atoms with Crippen LogP contribution in [0, 0.1) is 0 Å². The Hall–Kier alpha value is -2.82. The first-order valence-electron chi connectivity index (χ1n) is 10.00. The zero-order valence-corrected chi connectivity index (χ0v) is 17.6. The average Bonchev–Trinajstić information content (AvgIpc) is 2.77. The molecular weight excluding hydrogens is 419 g/mol. The van der Waals surface area contributed by atoms with E-state index in [0.717, 1.165) is 17.7 Å². The quantitative estimate of drug-likeness (QED) is 0.332. The van der Waals surface area contributed by atoms with Crippen molar-refractivity contribution in [2.45, 2.75) is 25.7 Å². The van der Waals surface area contributed by atoms with Gasteiger partial charge in [-0.1, -0.05) is 72.3 Å². The highest BCUT2D eigenvalue weighted by molar-refractivity contribution is 6.33. The summed E-state index contributed by atoms with van der Waals surface area (Å²) < 4.78 is 38.5. The SMILES string of the molecule is CC(NCc1ccc(Cl)c(-c2ccc(C(F)(F)F)cc2)c1)c1cccc2ccccc12. The molecule has 4 aromatic rings. The number of hydrogen-bond acceptors (Lipinski definition) is 1. The van der Waals surface area contributed by atoms with Crippen molar-refractivity contribution in [1.29, 1.82) is 0 Å². The van der Waals surface area contributed by atoms with Crippen LogP contribution in [0.1, 0.15) is 29.7 Å². The molecule has 0 saturated carbocycles. The van der Waals surface area contributed by atoms with Gasteiger partial charge in [-0.2, -0.15) is 13.2 Å². The minimum absolute atomic E-state index is 0.122. The lowest BCUT2D eigenvalue weighted by molar-refractivity contribution is -0.137. The molecule has 31 heavy (non-hydrogen) atoms. The first-order chi connectivity index (χ1) is 14.8. The van der Waals surface area contributed by atoms with E-state index in [1.165, 1.54) is 28.5 Å². The van der Waals surface area contributed by atoms with E-state index in [1.54, 1.807) is 6.07 Å². The predicted molar refractivity (Wildman–Crippen MR) is 121 cm³/mol. The van der Waals surface area contributed by atoms with E-state index >= 15 is 0 Å². The highest BCUT2D eigenvalue weighted by atomic mass is 35.5. The molecule has 1 atom stereocenters. The Morgan fingerprint density at radius 1 is 0.871 bits per heavy atom. The molecule has 4 aromatic carbocycles. The molecule has 0 aromatic heterocycles. The number of rotatable bonds is 5. The van der Waals surface area contributed by atoms with Crippen LogP contribution in [0.15, 0.2) is 84.9 Å². The molecule has 0 radical (unpaired) electrons. The fraction of sp³-hybridized carbons (Fsp3) is 0.154. The summed E-state index contributed by atoms with van der Waals surface area (Å²) in [5.41, 5.74) is 2.92. The Bertz CT molecular complexity index is 1190. The maximum atomic E-state index is 12.8. The van der Waals surface area contributed by atoms with E-state index in [9.17, 15) is 13.2 Å². The molecular formula is C26H21ClF3N. The van der Waals surface area contributed by atoms with Crippen LogP contribution in [-0.4, -0.2) is 0 Å². The van der Waals surface area contributed by atoms with Crippen LogP contribution < -0.4 is 5.32 Å². The topological polar surface area (TPSA) is 12.0 Å². The normalized spacial score (nSPS) is 12.8. The second kappa shape index (κ2) is 8.74. The zero-order chi connectivity index (χ0) is 22.0. The van der Waals surface area contributed by atoms with Crippen LogP contribution in [0.2, 0.25) is 5.02 Å². The molecule has 0 bridgehead atoms. The maximum absolute atomic E-state index is 12.8. The largest absolute Gasteiger partial charge is 0.416 e. The van der Waals surface area contributed by atoms with Gasteiger partial charge in [0.1, 0.15) is 0 Å². The van der Waals surface area contributed by atoms with Crippen molar-refractivity contribution in [1.82, 2.24) is 5.32 Å². The van der Waals surface area contributed by atoms with E-state index in [1.807, 2.05) is 24.3 Å². The van der Waals surface area contributed by atoms with Crippen LogP contribution in [0.5, 0.6) is 0 Å². The zero-order valence-electron chi connectivity index (χ0n) is 16.9. The lowest BCUT2D eigenvalue weighted by Gasteiger charge is -2.17. The van der Waals surface area contributed by atoms with Gasteiger partial charge in [-0.25, -0.2) is 0 Å². The van der Waals surface area contributed by atoms with E-state index in [4.69, 9.17) is 11.6 Å². The van der Waals surface area contributed by atoms with Crippen LogP contribution in [-0.2, 0) is 12.7 Å². The van der Waals surface area contributed by atoms with Crippen molar-refractivity contribution in [3.05, 3.63) is 107 Å². The Balaban J connectivity index is 1.53. The van der Waals surface area contributed by atoms with Crippen LogP contribution >= 0.6 is 11.6 Å². The second-order valence-corrected chi connectivity index (χ2v) is 7.97. The molecule has 0 fully saturated rings. The highest BCUT2D eigenvalue weighted by Crippen LogP contribution is 2.33. The minimum atomic E-state index is -4.36. The summed E-state index contributed by atoms with van der Waals surface area (Å²) >= 11 is 6.34. The number of nitrogens with one attached hydrogen (secondary N) is 1. The number of fused-ring (bicyclic) bond motifs is 1. The van der Waals surface area contributed by atoms with Gasteiger partial charge in [0.05, 0.1) is 5.56 Å². The Morgan fingerprint density at radius 2 is 1.58 bits per heavy atom. The van der Waals surface area contributed by atoms with Gasteiger partial charge in [0.25, 0.3) is 0 Å². The molecule has 0 aliphatic carbocycles. The number of hydrogen-bond donors (Lipinski definition) is 1. The van der Waals surface area contributed by atoms with Gasteiger partial charge in [-0.3, -0.25) is 0 Å². The molecule has 0 spiro atoms. The summed E-state index contributed by atoms with van der Waals surface area (Å²) in [4.78, 5) is 0. The Kier molecular flexibility index (Phi) is 6.03. The van der Waals surface area contributed by atoms with Gasteiger partial charge in [0, 0.05) is 23.2 Å². The van der Waals surface area contributed by atoms with Crippen LogP contribution in [0.4, 0.5) is 13.2 Å². The van der Waals surface area contributed by atoms with E-state index in [-0.39, 0.29) is 6.04 Å². The first kappa shape index (κ1) is 21.4. The van der Waals surface area contributed by atoms with Crippen LogP contribution in [0.3, 0.4) is 0 Å². The third-order valence-corrected chi connectivity index (χ3v) is 5.79. The summed E-state index contributed by atoms with van der Waals surface area (Å²) in [6, 6.07) is 25.4. The van der Waals surface area contributed by atoms with E-state index < -0.39 is 11.7 Å². The smallest absolute Gasteiger partial charge is 0.306 e. The third kappa shape index (κ3) is 4.76. The molecule has 0 aliphatic rings. The van der Waals surface area contributed by atoms with Crippen LogP contribution in [0.25, 0.3) is 21.9 Å². The monoisotopic (exact) mass is 439 g/mol. The Labute approximate surface area is 184 Å². The number of alkyl halides is 3. The minimum Gasteiger partial charge on any atom is -0.306 e. The third-order valence-electron chi connectivity index (χ3n) is 5.46. The average molecular weight is 440 g/mol. The molecule has 5 heteroatoms. The number of halogens is 4. The fourth-order valence-electron chi connectivity index (χ4n) is 3.75. The van der Waals surface area contributed by atoms with E-state index in [0.29, 0.717) is 22.7 Å². The lowest BCUT2D eigenvalue weighted by atomic mass is 9.99. The van der Waals surface area contributed by atoms with Crippen molar-refractivity contribution < 1.29 is 13.2 Å². The first-order valence-corrected chi connectivity index (χ1v) is 10.4. The van der Waals surface area contributed by atoms with E-state index in [2.05, 4.69) is 42.6 Å². The summed E-state index contributed by atoms with van der Waals surface area (Å²) in [6.45, 7) is 2.73.